The van der Waals surface area contributed by atoms with Crippen LogP contribution in [-0.4, -0.2) is 31.7 Å². The molecule has 35 heavy (non-hydrogen) atoms. The fraction of sp³-hybridized carbons (Fsp3) is 0.143. The molecule has 0 atom stereocenters. The normalized spacial score (nSPS) is 15.5. The summed E-state index contributed by atoms with van der Waals surface area (Å²) in [5.41, 5.74) is 9.86. The van der Waals surface area contributed by atoms with Crippen molar-refractivity contribution in [3.63, 3.8) is 0 Å². The highest BCUT2D eigenvalue weighted by molar-refractivity contribution is 5.88. The van der Waals surface area contributed by atoms with Gasteiger partial charge in [-0.25, -0.2) is 9.37 Å². The Morgan fingerprint density at radius 1 is 0.971 bits per heavy atom. The van der Waals surface area contributed by atoms with Gasteiger partial charge in [0.2, 0.25) is 0 Å². The second-order valence-corrected chi connectivity index (χ2v) is 8.66. The van der Waals surface area contributed by atoms with E-state index in [0.717, 1.165) is 64.5 Å². The molecule has 0 spiro atoms. The van der Waals surface area contributed by atoms with E-state index in [1.165, 1.54) is 11.6 Å². The van der Waals surface area contributed by atoms with E-state index >= 15 is 0 Å². The van der Waals surface area contributed by atoms with Gasteiger partial charge in [0.25, 0.3) is 0 Å². The molecule has 1 aliphatic carbocycles. The minimum Gasteiger partial charge on any atom is -0.312 e. The molecule has 0 unspecified atom stereocenters. The van der Waals surface area contributed by atoms with E-state index in [9.17, 15) is 4.39 Å². The first-order valence-electron chi connectivity index (χ1n) is 11.6. The lowest BCUT2D eigenvalue weighted by molar-refractivity contribution is 0.610. The van der Waals surface area contributed by atoms with E-state index in [4.69, 9.17) is 9.97 Å². The monoisotopic (exact) mass is 462 g/mol. The molecule has 172 valence electrons. The van der Waals surface area contributed by atoms with Crippen LogP contribution in [0, 0.1) is 12.7 Å². The predicted molar refractivity (Wildman–Crippen MR) is 135 cm³/mol. The first-order valence-corrected chi connectivity index (χ1v) is 11.6. The smallest absolute Gasteiger partial charge is 0.144 e. The molecule has 6 rings (SSSR count). The Morgan fingerprint density at radius 3 is 2.80 bits per heavy atom. The van der Waals surface area contributed by atoms with Gasteiger partial charge in [-0.2, -0.15) is 5.10 Å². The molecule has 0 amide bonds. The van der Waals surface area contributed by atoms with Crippen molar-refractivity contribution < 1.29 is 4.39 Å². The Morgan fingerprint density at radius 2 is 1.89 bits per heavy atom. The van der Waals surface area contributed by atoms with E-state index in [0.29, 0.717) is 11.4 Å². The van der Waals surface area contributed by atoms with Crippen molar-refractivity contribution >= 4 is 17.7 Å². The average Bonchev–Trinajstić information content (AvgIpc) is 3.35. The summed E-state index contributed by atoms with van der Waals surface area (Å²) in [6, 6.07) is 9.45. The minimum absolute atomic E-state index is 0.326. The lowest BCUT2D eigenvalue weighted by Gasteiger charge is -2.17. The first kappa shape index (κ1) is 21.3. The van der Waals surface area contributed by atoms with Crippen LogP contribution in [0.5, 0.6) is 0 Å². The number of aryl methyl sites for hydroxylation is 1. The van der Waals surface area contributed by atoms with Crippen LogP contribution in [0.25, 0.3) is 40.4 Å². The molecule has 0 bridgehead atoms. The fourth-order valence-corrected chi connectivity index (χ4v) is 4.45. The van der Waals surface area contributed by atoms with Gasteiger partial charge in [-0.15, -0.1) is 0 Å². The summed E-state index contributed by atoms with van der Waals surface area (Å²) >= 11 is 0. The number of nitrogens with zero attached hydrogens (tertiary/aromatic N) is 4. The number of fused-ring (bicyclic) bond motifs is 2. The number of pyridine rings is 3. The number of aromatic nitrogens is 5. The lowest BCUT2D eigenvalue weighted by atomic mass is 9.99. The summed E-state index contributed by atoms with van der Waals surface area (Å²) in [6.07, 6.45) is 14.7. The molecule has 1 aliphatic heterocycles. The van der Waals surface area contributed by atoms with Crippen LogP contribution >= 0.6 is 0 Å². The Kier molecular flexibility index (Phi) is 5.39. The van der Waals surface area contributed by atoms with Gasteiger partial charge in [-0.05, 0) is 48.4 Å². The van der Waals surface area contributed by atoms with Crippen molar-refractivity contribution in [2.45, 2.75) is 19.9 Å². The van der Waals surface area contributed by atoms with E-state index in [2.05, 4.69) is 44.8 Å². The van der Waals surface area contributed by atoms with Crippen molar-refractivity contribution in [2.75, 3.05) is 6.54 Å². The third-order valence-electron chi connectivity index (χ3n) is 6.37. The summed E-state index contributed by atoms with van der Waals surface area (Å²) in [5.74, 6) is -0.326. The minimum atomic E-state index is -0.326. The van der Waals surface area contributed by atoms with Crippen molar-refractivity contribution in [3.05, 3.63) is 101 Å². The molecule has 6 nitrogen and oxygen atoms in total. The van der Waals surface area contributed by atoms with Gasteiger partial charge in [0, 0.05) is 48.1 Å². The summed E-state index contributed by atoms with van der Waals surface area (Å²) < 4.78 is 13.7. The zero-order chi connectivity index (χ0) is 23.8. The Balaban J connectivity index is 1.32. The number of halogens is 1. The zero-order valence-electron chi connectivity index (χ0n) is 19.2. The number of rotatable bonds is 3. The molecular formula is C28H23FN6. The van der Waals surface area contributed by atoms with Crippen LogP contribution in [0.2, 0.25) is 0 Å². The number of H-pyrrole nitrogens is 1. The van der Waals surface area contributed by atoms with Gasteiger partial charge in [0.15, 0.2) is 0 Å². The van der Waals surface area contributed by atoms with Crippen LogP contribution < -0.4 is 5.32 Å². The van der Waals surface area contributed by atoms with Gasteiger partial charge < -0.3 is 5.32 Å². The molecule has 0 fully saturated rings. The number of aromatic amines is 1. The van der Waals surface area contributed by atoms with E-state index in [1.54, 1.807) is 19.2 Å². The Labute approximate surface area is 202 Å². The predicted octanol–water partition coefficient (Wildman–Crippen LogP) is 5.15. The summed E-state index contributed by atoms with van der Waals surface area (Å²) in [6.45, 7) is 3.49. The first-order chi connectivity index (χ1) is 17.2. The fourth-order valence-electron chi connectivity index (χ4n) is 4.45. The highest BCUT2D eigenvalue weighted by atomic mass is 19.1. The molecule has 0 radical (unpaired) electrons. The number of hydrogen-bond donors (Lipinski definition) is 2. The van der Waals surface area contributed by atoms with Gasteiger partial charge in [-0.3, -0.25) is 15.1 Å². The van der Waals surface area contributed by atoms with Gasteiger partial charge in [0.05, 0.1) is 34.7 Å². The van der Waals surface area contributed by atoms with Crippen LogP contribution in [0.1, 0.15) is 33.8 Å². The van der Waals surface area contributed by atoms with Gasteiger partial charge >= 0.3 is 0 Å². The van der Waals surface area contributed by atoms with Crippen LogP contribution in [0.15, 0.2) is 61.0 Å². The molecule has 2 N–H and O–H groups in total. The second kappa shape index (κ2) is 8.85. The number of hydrogen-bond acceptors (Lipinski definition) is 5. The van der Waals surface area contributed by atoms with E-state index in [1.807, 2.05) is 30.5 Å². The molecular weight excluding hydrogens is 439 g/mol. The van der Waals surface area contributed by atoms with Crippen LogP contribution in [0.3, 0.4) is 0 Å². The Hall–Kier alpha value is -4.23. The SMILES string of the molecule is Cc1nc(-c2[nH]ncc2C2=C/C=C/c3cc(-c4ccc5c(n4)CCNC5)cnc3C=C2)ccc1F. The molecule has 2 aliphatic rings. The highest BCUT2D eigenvalue weighted by Gasteiger charge is 2.15. The molecule has 0 saturated heterocycles. The zero-order valence-corrected chi connectivity index (χ0v) is 19.2. The highest BCUT2D eigenvalue weighted by Crippen LogP contribution is 2.30. The van der Waals surface area contributed by atoms with Gasteiger partial charge in [0.1, 0.15) is 5.82 Å². The summed E-state index contributed by atoms with van der Waals surface area (Å²) in [5, 5.41) is 10.6. The Bertz CT molecular complexity index is 1530. The largest absolute Gasteiger partial charge is 0.312 e. The number of allylic oxidation sites excluding steroid dienone is 4. The van der Waals surface area contributed by atoms with Crippen molar-refractivity contribution in [3.8, 4) is 22.6 Å². The third-order valence-corrected chi connectivity index (χ3v) is 6.37. The summed E-state index contributed by atoms with van der Waals surface area (Å²) in [7, 11) is 0. The van der Waals surface area contributed by atoms with Crippen LogP contribution in [0.4, 0.5) is 4.39 Å². The van der Waals surface area contributed by atoms with Crippen molar-refractivity contribution in [1.29, 1.82) is 0 Å². The van der Waals surface area contributed by atoms with E-state index in [-0.39, 0.29) is 5.82 Å². The molecule has 4 aromatic heterocycles. The van der Waals surface area contributed by atoms with Gasteiger partial charge in [-0.1, -0.05) is 30.4 Å². The molecule has 5 heterocycles. The van der Waals surface area contributed by atoms with E-state index < -0.39 is 0 Å². The average molecular weight is 463 g/mol. The number of nitrogens with one attached hydrogen (secondary N) is 2. The third kappa shape index (κ3) is 4.11. The van der Waals surface area contributed by atoms with Crippen molar-refractivity contribution in [1.82, 2.24) is 30.5 Å². The molecule has 7 heteroatoms. The lowest BCUT2D eigenvalue weighted by Crippen LogP contribution is -2.24. The standard InChI is InChI=1S/C28H23FN6/c1-17-23(29)7-10-27(33-17)28-22(16-32-35-28)18-3-2-4-19-13-21(15-31-24(19)8-5-18)25-9-6-20-14-30-12-11-26(20)34-25/h2-10,13,15-16,30H,11-12,14H2,1H3,(H,32,35)/b3-2?,4-2+,8-5?,18-3?,18-5?,19-4?,24-8?. The quantitative estimate of drug-likeness (QED) is 0.440. The summed E-state index contributed by atoms with van der Waals surface area (Å²) in [4.78, 5) is 14.0. The topological polar surface area (TPSA) is 79.4 Å². The molecule has 0 aromatic carbocycles. The molecule has 0 saturated carbocycles. The maximum atomic E-state index is 13.7. The second-order valence-electron chi connectivity index (χ2n) is 8.66. The van der Waals surface area contributed by atoms with Crippen molar-refractivity contribution in [2.24, 2.45) is 0 Å². The van der Waals surface area contributed by atoms with Crippen LogP contribution in [-0.2, 0) is 13.0 Å². The maximum absolute atomic E-state index is 13.7. The molecule has 4 aromatic rings. The maximum Gasteiger partial charge on any atom is 0.144 e.